The van der Waals surface area contributed by atoms with Gasteiger partial charge in [-0.05, 0) is 30.9 Å². The molecule has 1 fully saturated rings. The van der Waals surface area contributed by atoms with Crippen LogP contribution in [0.15, 0.2) is 18.2 Å². The summed E-state index contributed by atoms with van der Waals surface area (Å²) in [5.74, 6) is -2.06. The lowest BCUT2D eigenvalue weighted by atomic mass is 10.0. The number of hydrogen-bond donors (Lipinski definition) is 2. The van der Waals surface area contributed by atoms with Crippen molar-refractivity contribution in [3.8, 4) is 0 Å². The van der Waals surface area contributed by atoms with E-state index in [4.69, 9.17) is 5.11 Å². The Balaban J connectivity index is 2.00. The lowest BCUT2D eigenvalue weighted by Crippen LogP contribution is -2.36. The van der Waals surface area contributed by atoms with E-state index >= 15 is 0 Å². The second-order valence-electron chi connectivity index (χ2n) is 4.27. The summed E-state index contributed by atoms with van der Waals surface area (Å²) < 4.78 is 26.1. The van der Waals surface area contributed by atoms with E-state index in [0.717, 1.165) is 6.07 Å². The van der Waals surface area contributed by atoms with Crippen LogP contribution in [0, 0.1) is 11.6 Å². The molecule has 92 valence electrons. The minimum absolute atomic E-state index is 0.0592. The molecule has 0 saturated carbocycles. The number of halogens is 2. The van der Waals surface area contributed by atoms with E-state index in [-0.39, 0.29) is 6.04 Å². The molecule has 2 unspecified atom stereocenters. The Bertz CT molecular complexity index is 437. The number of hydrogen-bond acceptors (Lipinski definition) is 2. The molecule has 1 heterocycles. The van der Waals surface area contributed by atoms with Gasteiger partial charge in [-0.1, -0.05) is 6.07 Å². The Morgan fingerprint density at radius 1 is 1.41 bits per heavy atom. The van der Waals surface area contributed by atoms with Crippen molar-refractivity contribution in [2.45, 2.75) is 31.3 Å². The van der Waals surface area contributed by atoms with Gasteiger partial charge in [0.1, 0.15) is 17.7 Å². The second-order valence-corrected chi connectivity index (χ2v) is 4.27. The highest BCUT2D eigenvalue weighted by Gasteiger charge is 2.29. The predicted molar refractivity (Wildman–Crippen MR) is 57.6 cm³/mol. The van der Waals surface area contributed by atoms with Gasteiger partial charge < -0.3 is 10.4 Å². The molecule has 1 aliphatic heterocycles. The van der Waals surface area contributed by atoms with Crippen molar-refractivity contribution in [1.29, 1.82) is 0 Å². The average Bonchev–Trinajstić information content (AvgIpc) is 2.71. The summed E-state index contributed by atoms with van der Waals surface area (Å²) in [6, 6.07) is 2.85. The van der Waals surface area contributed by atoms with E-state index in [9.17, 15) is 13.6 Å². The first-order valence-electron chi connectivity index (χ1n) is 5.49. The summed E-state index contributed by atoms with van der Waals surface area (Å²) in [7, 11) is 0. The summed E-state index contributed by atoms with van der Waals surface area (Å²) in [6.07, 6.45) is 1.62. The summed E-state index contributed by atoms with van der Waals surface area (Å²) in [6.45, 7) is 0. The van der Waals surface area contributed by atoms with Crippen LogP contribution >= 0.6 is 0 Å². The van der Waals surface area contributed by atoms with Gasteiger partial charge in [0, 0.05) is 12.1 Å². The molecule has 5 heteroatoms. The van der Waals surface area contributed by atoms with Crippen molar-refractivity contribution in [2.75, 3.05) is 0 Å². The van der Waals surface area contributed by atoms with E-state index in [1.165, 1.54) is 12.1 Å². The fourth-order valence-electron chi connectivity index (χ4n) is 2.13. The lowest BCUT2D eigenvalue weighted by Gasteiger charge is -2.12. The number of benzene rings is 1. The topological polar surface area (TPSA) is 49.3 Å². The zero-order valence-electron chi connectivity index (χ0n) is 9.12. The monoisotopic (exact) mass is 241 g/mol. The Labute approximate surface area is 97.5 Å². The minimum atomic E-state index is -0.882. The Morgan fingerprint density at radius 2 is 2.18 bits per heavy atom. The number of carbonyl (C=O) groups is 1. The van der Waals surface area contributed by atoms with Crippen LogP contribution in [0.3, 0.4) is 0 Å². The number of carboxylic acid groups (broad SMARTS) is 1. The zero-order valence-corrected chi connectivity index (χ0v) is 9.12. The van der Waals surface area contributed by atoms with E-state index < -0.39 is 23.6 Å². The van der Waals surface area contributed by atoms with Crippen molar-refractivity contribution in [3.63, 3.8) is 0 Å². The highest BCUT2D eigenvalue weighted by Crippen LogP contribution is 2.19. The maximum Gasteiger partial charge on any atom is 0.320 e. The normalized spacial score (nSPS) is 23.9. The molecule has 0 spiro atoms. The first kappa shape index (κ1) is 12.0. The summed E-state index contributed by atoms with van der Waals surface area (Å²) >= 11 is 0. The molecule has 17 heavy (non-hydrogen) atoms. The van der Waals surface area contributed by atoms with Crippen LogP contribution in [0.4, 0.5) is 8.78 Å². The average molecular weight is 241 g/mol. The van der Waals surface area contributed by atoms with E-state index in [0.29, 0.717) is 24.8 Å². The van der Waals surface area contributed by atoms with Gasteiger partial charge in [0.15, 0.2) is 0 Å². The predicted octanol–water partition coefficient (Wildman–Crippen LogP) is 1.71. The third kappa shape index (κ3) is 2.79. The fourth-order valence-corrected chi connectivity index (χ4v) is 2.13. The van der Waals surface area contributed by atoms with Crippen LogP contribution < -0.4 is 5.32 Å². The molecule has 0 bridgehead atoms. The van der Waals surface area contributed by atoms with Crippen molar-refractivity contribution >= 4 is 5.97 Å². The smallest absolute Gasteiger partial charge is 0.320 e. The van der Waals surface area contributed by atoms with Gasteiger partial charge in [-0.25, -0.2) is 8.78 Å². The second kappa shape index (κ2) is 4.79. The first-order chi connectivity index (χ1) is 8.06. The number of aliphatic carboxylic acids is 1. The van der Waals surface area contributed by atoms with E-state index in [1.54, 1.807) is 0 Å². The molecular weight excluding hydrogens is 228 g/mol. The molecule has 2 N–H and O–H groups in total. The molecule has 1 aliphatic rings. The number of carboxylic acids is 1. The minimum Gasteiger partial charge on any atom is -0.480 e. The molecule has 2 rings (SSSR count). The molecule has 0 radical (unpaired) electrons. The molecule has 1 aromatic rings. The van der Waals surface area contributed by atoms with Crippen LogP contribution in [0.25, 0.3) is 0 Å². The van der Waals surface area contributed by atoms with Crippen molar-refractivity contribution in [3.05, 3.63) is 35.4 Å². The molecule has 0 amide bonds. The van der Waals surface area contributed by atoms with Crippen LogP contribution in [-0.2, 0) is 11.2 Å². The largest absolute Gasteiger partial charge is 0.480 e. The summed E-state index contributed by atoms with van der Waals surface area (Å²) in [4.78, 5) is 10.7. The third-order valence-electron chi connectivity index (χ3n) is 3.02. The van der Waals surface area contributed by atoms with Crippen molar-refractivity contribution < 1.29 is 18.7 Å². The van der Waals surface area contributed by atoms with Gasteiger partial charge in [0.05, 0.1) is 0 Å². The SMILES string of the molecule is O=C(O)C1CCC(Cc2ccc(F)cc2F)N1. The van der Waals surface area contributed by atoms with E-state index in [2.05, 4.69) is 5.32 Å². The Hall–Kier alpha value is -1.49. The fraction of sp³-hybridized carbons (Fsp3) is 0.417. The van der Waals surface area contributed by atoms with Gasteiger partial charge in [-0.3, -0.25) is 4.79 Å². The molecule has 2 atom stereocenters. The van der Waals surface area contributed by atoms with Gasteiger partial charge in [-0.2, -0.15) is 0 Å². The van der Waals surface area contributed by atoms with Gasteiger partial charge in [0.25, 0.3) is 0 Å². The quantitative estimate of drug-likeness (QED) is 0.847. The zero-order chi connectivity index (χ0) is 12.4. The maximum atomic E-state index is 13.4. The van der Waals surface area contributed by atoms with Crippen molar-refractivity contribution in [2.24, 2.45) is 0 Å². The summed E-state index contributed by atoms with van der Waals surface area (Å²) in [5.41, 5.74) is 0.412. The van der Waals surface area contributed by atoms with Gasteiger partial charge in [0.2, 0.25) is 0 Å². The van der Waals surface area contributed by atoms with Crippen LogP contribution in [0.2, 0.25) is 0 Å². The van der Waals surface area contributed by atoms with Gasteiger partial charge >= 0.3 is 5.97 Å². The van der Waals surface area contributed by atoms with Gasteiger partial charge in [-0.15, -0.1) is 0 Å². The summed E-state index contributed by atoms with van der Waals surface area (Å²) in [5, 5.41) is 11.7. The van der Waals surface area contributed by atoms with E-state index in [1.807, 2.05) is 0 Å². The highest BCUT2D eigenvalue weighted by atomic mass is 19.1. The number of rotatable bonds is 3. The molecule has 0 aliphatic carbocycles. The molecule has 1 saturated heterocycles. The molecule has 0 aromatic heterocycles. The Kier molecular flexibility index (Phi) is 3.38. The molecule has 1 aromatic carbocycles. The lowest BCUT2D eigenvalue weighted by molar-refractivity contribution is -0.139. The highest BCUT2D eigenvalue weighted by molar-refractivity contribution is 5.73. The van der Waals surface area contributed by atoms with Crippen LogP contribution in [0.1, 0.15) is 18.4 Å². The van der Waals surface area contributed by atoms with Crippen LogP contribution in [-0.4, -0.2) is 23.2 Å². The first-order valence-corrected chi connectivity index (χ1v) is 5.49. The molecular formula is C12H13F2NO2. The Morgan fingerprint density at radius 3 is 2.76 bits per heavy atom. The third-order valence-corrected chi connectivity index (χ3v) is 3.02. The van der Waals surface area contributed by atoms with Crippen molar-refractivity contribution in [1.82, 2.24) is 5.32 Å². The number of nitrogens with one attached hydrogen (secondary N) is 1. The van der Waals surface area contributed by atoms with Crippen LogP contribution in [0.5, 0.6) is 0 Å². The molecule has 3 nitrogen and oxygen atoms in total. The maximum absolute atomic E-state index is 13.4. The standard InChI is InChI=1S/C12H13F2NO2/c13-8-2-1-7(10(14)6-8)5-9-3-4-11(15-9)12(16)17/h1-2,6,9,11,15H,3-5H2,(H,16,17).